The highest BCUT2D eigenvalue weighted by molar-refractivity contribution is 7.86. The highest BCUT2D eigenvalue weighted by Gasteiger charge is 2.36. The summed E-state index contributed by atoms with van der Waals surface area (Å²) in [5, 5.41) is -0.886. The van der Waals surface area contributed by atoms with Gasteiger partial charge >= 0.3 is 0 Å². The van der Waals surface area contributed by atoms with Crippen molar-refractivity contribution in [1.29, 1.82) is 0 Å². The number of hydrogen-bond donors (Lipinski definition) is 1. The van der Waals surface area contributed by atoms with E-state index in [0.29, 0.717) is 13.0 Å². The Balaban J connectivity index is 2.38. The second-order valence-corrected chi connectivity index (χ2v) is 5.72. The van der Waals surface area contributed by atoms with Gasteiger partial charge in [0.2, 0.25) is 5.91 Å². The normalized spacial score (nSPS) is 21.4. The lowest BCUT2D eigenvalue weighted by molar-refractivity contribution is -0.126. The number of nitrogen functional groups attached to an aromatic ring is 1. The minimum Gasteiger partial charge on any atom is -0.399 e. The molecule has 0 aromatic heterocycles. The van der Waals surface area contributed by atoms with Gasteiger partial charge in [-0.1, -0.05) is 0 Å². The summed E-state index contributed by atoms with van der Waals surface area (Å²) in [7, 11) is -0.473. The van der Waals surface area contributed by atoms with Crippen LogP contribution in [0, 0.1) is 11.6 Å². The molecule has 1 fully saturated rings. The molecule has 7 heteroatoms. The van der Waals surface area contributed by atoms with E-state index in [0.717, 1.165) is 12.1 Å². The summed E-state index contributed by atoms with van der Waals surface area (Å²) >= 11 is 0. The molecule has 2 unspecified atom stereocenters. The van der Waals surface area contributed by atoms with Crippen molar-refractivity contribution in [1.82, 2.24) is 4.90 Å². The molecule has 1 aliphatic heterocycles. The molecule has 1 saturated heterocycles. The average molecular weight is 274 g/mol. The Morgan fingerprint density at radius 2 is 1.94 bits per heavy atom. The van der Waals surface area contributed by atoms with E-state index in [2.05, 4.69) is 0 Å². The van der Waals surface area contributed by atoms with Crippen molar-refractivity contribution in [3.8, 4) is 0 Å². The second-order valence-electron chi connectivity index (χ2n) is 4.15. The highest BCUT2D eigenvalue weighted by atomic mass is 32.2. The number of nitrogens with two attached hydrogens (primary N) is 1. The van der Waals surface area contributed by atoms with Crippen LogP contribution in [-0.4, -0.2) is 33.9 Å². The molecular weight excluding hydrogens is 262 g/mol. The number of carbonyl (C=O) groups excluding carboxylic acids is 1. The van der Waals surface area contributed by atoms with E-state index >= 15 is 0 Å². The molecule has 98 valence electrons. The average Bonchev–Trinajstić information content (AvgIpc) is 2.58. The maximum Gasteiger partial charge on any atom is 0.238 e. The summed E-state index contributed by atoms with van der Waals surface area (Å²) in [5.74, 6) is -2.31. The van der Waals surface area contributed by atoms with Gasteiger partial charge in [-0.2, -0.15) is 0 Å². The number of carbonyl (C=O) groups is 1. The lowest BCUT2D eigenvalue weighted by atomic mass is 10.3. The van der Waals surface area contributed by atoms with Crippen LogP contribution in [0.25, 0.3) is 0 Å². The van der Waals surface area contributed by atoms with E-state index in [9.17, 15) is 17.8 Å². The van der Waals surface area contributed by atoms with Crippen LogP contribution >= 0.6 is 0 Å². The van der Waals surface area contributed by atoms with Gasteiger partial charge in [0.15, 0.2) is 0 Å². The second kappa shape index (κ2) is 4.64. The lowest BCUT2D eigenvalue weighted by Crippen LogP contribution is -2.29. The van der Waals surface area contributed by atoms with Crippen LogP contribution in [0.5, 0.6) is 0 Å². The molecule has 0 spiro atoms. The molecule has 1 amide bonds. The van der Waals surface area contributed by atoms with Crippen LogP contribution in [0.4, 0.5) is 14.5 Å². The smallest absolute Gasteiger partial charge is 0.238 e. The predicted molar refractivity (Wildman–Crippen MR) is 63.2 cm³/mol. The number of hydrogen-bond acceptors (Lipinski definition) is 3. The third-order valence-electron chi connectivity index (χ3n) is 2.86. The maximum atomic E-state index is 13.6. The first-order valence-corrected chi connectivity index (χ1v) is 6.53. The predicted octanol–water partition coefficient (Wildman–Crippen LogP) is 0.885. The zero-order valence-electron chi connectivity index (χ0n) is 9.65. The third kappa shape index (κ3) is 2.10. The SMILES string of the molecule is CN1CCC(S(=O)c2c(F)cc(N)cc2F)C1=O. The molecule has 1 aromatic carbocycles. The zero-order chi connectivity index (χ0) is 13.4. The third-order valence-corrected chi connectivity index (χ3v) is 4.61. The van der Waals surface area contributed by atoms with E-state index in [4.69, 9.17) is 5.73 Å². The Kier molecular flexibility index (Phi) is 3.34. The van der Waals surface area contributed by atoms with Gasteiger partial charge in [-0.05, 0) is 18.6 Å². The molecule has 0 aliphatic carbocycles. The number of likely N-dealkylation sites (tertiary alicyclic amines) is 1. The number of rotatable bonds is 2. The minimum absolute atomic E-state index is 0.0828. The van der Waals surface area contributed by atoms with E-state index in [1.54, 1.807) is 7.05 Å². The fourth-order valence-electron chi connectivity index (χ4n) is 1.90. The molecule has 18 heavy (non-hydrogen) atoms. The van der Waals surface area contributed by atoms with Crippen molar-refractivity contribution < 1.29 is 17.8 Å². The molecule has 1 heterocycles. The van der Waals surface area contributed by atoms with Gasteiger partial charge < -0.3 is 10.6 Å². The first-order chi connectivity index (χ1) is 8.41. The van der Waals surface area contributed by atoms with Crippen molar-refractivity contribution in [2.24, 2.45) is 0 Å². The Morgan fingerprint density at radius 1 is 1.39 bits per heavy atom. The lowest BCUT2D eigenvalue weighted by Gasteiger charge is -2.11. The summed E-state index contributed by atoms with van der Waals surface area (Å²) in [4.78, 5) is 12.5. The summed E-state index contributed by atoms with van der Waals surface area (Å²) in [6, 6.07) is 1.80. The van der Waals surface area contributed by atoms with Crippen molar-refractivity contribution in [2.45, 2.75) is 16.6 Å². The monoisotopic (exact) mass is 274 g/mol. The molecule has 2 N–H and O–H groups in total. The van der Waals surface area contributed by atoms with Crippen molar-refractivity contribution in [2.75, 3.05) is 19.3 Å². The number of nitrogens with zero attached hydrogens (tertiary/aromatic N) is 1. The van der Waals surface area contributed by atoms with Crippen molar-refractivity contribution in [3.63, 3.8) is 0 Å². The molecule has 1 aromatic rings. The summed E-state index contributed by atoms with van der Waals surface area (Å²) in [6.07, 6.45) is 0.325. The van der Waals surface area contributed by atoms with E-state index in [1.807, 2.05) is 0 Å². The minimum atomic E-state index is -2.04. The Labute approximate surface area is 105 Å². The van der Waals surface area contributed by atoms with E-state index < -0.39 is 32.6 Å². The standard InChI is InChI=1S/C11H12F2N2O2S/c1-15-3-2-9(11(15)16)18(17)10-7(12)4-6(14)5-8(10)13/h4-5,9H,2-3,14H2,1H3. The van der Waals surface area contributed by atoms with Crippen LogP contribution in [0.15, 0.2) is 17.0 Å². The van der Waals surface area contributed by atoms with Crippen LogP contribution in [0.2, 0.25) is 0 Å². The highest BCUT2D eigenvalue weighted by Crippen LogP contribution is 2.26. The molecule has 2 rings (SSSR count). The topological polar surface area (TPSA) is 63.4 Å². The molecule has 4 nitrogen and oxygen atoms in total. The van der Waals surface area contributed by atoms with Gasteiger partial charge in [-0.3, -0.25) is 9.00 Å². The summed E-state index contributed by atoms with van der Waals surface area (Å²) in [6.45, 7) is 0.438. The van der Waals surface area contributed by atoms with Crippen molar-refractivity contribution in [3.05, 3.63) is 23.8 Å². The van der Waals surface area contributed by atoms with Gasteiger partial charge in [0, 0.05) is 19.3 Å². The molecule has 2 atom stereocenters. The molecule has 0 bridgehead atoms. The first-order valence-electron chi connectivity index (χ1n) is 5.32. The molecule has 1 aliphatic rings. The van der Waals surface area contributed by atoms with E-state index in [1.165, 1.54) is 4.90 Å². The Bertz CT molecular complexity index is 513. The number of amides is 1. The zero-order valence-corrected chi connectivity index (χ0v) is 10.5. The fourth-order valence-corrected chi connectivity index (χ4v) is 3.37. The summed E-state index contributed by atoms with van der Waals surface area (Å²) in [5.41, 5.74) is 5.19. The number of benzene rings is 1. The van der Waals surface area contributed by atoms with Gasteiger partial charge in [-0.15, -0.1) is 0 Å². The van der Waals surface area contributed by atoms with Crippen LogP contribution in [-0.2, 0) is 15.6 Å². The Hall–Kier alpha value is -1.50. The first kappa shape index (κ1) is 12.9. The number of anilines is 1. The summed E-state index contributed by atoms with van der Waals surface area (Å²) < 4.78 is 39.3. The van der Waals surface area contributed by atoms with Gasteiger partial charge in [0.05, 0.1) is 10.8 Å². The van der Waals surface area contributed by atoms with Gasteiger partial charge in [0.25, 0.3) is 0 Å². The van der Waals surface area contributed by atoms with Crippen LogP contribution < -0.4 is 5.73 Å². The molecule has 0 saturated carbocycles. The molecule has 0 radical (unpaired) electrons. The van der Waals surface area contributed by atoms with Crippen LogP contribution in [0.3, 0.4) is 0 Å². The van der Waals surface area contributed by atoms with E-state index in [-0.39, 0.29) is 11.6 Å². The van der Waals surface area contributed by atoms with Gasteiger partial charge in [-0.25, -0.2) is 8.78 Å². The number of halogens is 2. The fraction of sp³-hybridized carbons (Fsp3) is 0.364. The maximum absolute atomic E-state index is 13.6. The Morgan fingerprint density at radius 3 is 2.39 bits per heavy atom. The largest absolute Gasteiger partial charge is 0.399 e. The molecular formula is C11H12F2N2O2S. The quantitative estimate of drug-likeness (QED) is 0.814. The van der Waals surface area contributed by atoms with Gasteiger partial charge in [0.1, 0.15) is 21.8 Å². The van der Waals surface area contributed by atoms with Crippen molar-refractivity contribution >= 4 is 22.4 Å². The van der Waals surface area contributed by atoms with Crippen LogP contribution in [0.1, 0.15) is 6.42 Å².